The van der Waals surface area contributed by atoms with E-state index in [1.54, 1.807) is 12.1 Å². The maximum Gasteiger partial charge on any atom is 0.174 e. The Morgan fingerprint density at radius 3 is 2.56 bits per heavy atom. The highest BCUT2D eigenvalue weighted by Gasteiger charge is 2.10. The Bertz CT molecular complexity index is 555. The maximum absolute atomic E-state index is 13.5. The van der Waals surface area contributed by atoms with Crippen molar-refractivity contribution in [2.24, 2.45) is 0 Å². The quantitative estimate of drug-likeness (QED) is 0.771. The van der Waals surface area contributed by atoms with Crippen LogP contribution < -0.4 is 4.74 Å². The van der Waals surface area contributed by atoms with Crippen molar-refractivity contribution in [1.82, 2.24) is 0 Å². The lowest BCUT2D eigenvalue weighted by Crippen LogP contribution is -2.00. The Balaban J connectivity index is 2.16. The molecule has 2 rings (SSSR count). The van der Waals surface area contributed by atoms with E-state index in [-0.39, 0.29) is 17.4 Å². The molecular formula is C13H8BrClF2O. The van der Waals surface area contributed by atoms with Gasteiger partial charge in [-0.05, 0) is 24.3 Å². The lowest BCUT2D eigenvalue weighted by molar-refractivity contribution is 0.285. The Morgan fingerprint density at radius 2 is 1.89 bits per heavy atom. The monoisotopic (exact) mass is 332 g/mol. The fourth-order valence-corrected chi connectivity index (χ4v) is 1.96. The third-order valence-corrected chi connectivity index (χ3v) is 3.10. The largest absolute Gasteiger partial charge is 0.484 e. The molecule has 0 aliphatic heterocycles. The van der Waals surface area contributed by atoms with Crippen molar-refractivity contribution < 1.29 is 13.5 Å². The molecule has 0 bridgehead atoms. The molecule has 0 aliphatic carbocycles. The number of rotatable bonds is 3. The molecule has 0 N–H and O–H groups in total. The van der Waals surface area contributed by atoms with Crippen LogP contribution in [-0.2, 0) is 6.61 Å². The van der Waals surface area contributed by atoms with E-state index in [1.807, 2.05) is 0 Å². The van der Waals surface area contributed by atoms with Gasteiger partial charge in [0.15, 0.2) is 11.6 Å². The summed E-state index contributed by atoms with van der Waals surface area (Å²) >= 11 is 8.95. The lowest BCUT2D eigenvalue weighted by atomic mass is 10.2. The minimum absolute atomic E-state index is 0.0681. The number of benzene rings is 2. The van der Waals surface area contributed by atoms with Gasteiger partial charge in [-0.25, -0.2) is 8.78 Å². The van der Waals surface area contributed by atoms with Crippen molar-refractivity contribution in [2.75, 3.05) is 0 Å². The molecule has 0 saturated heterocycles. The van der Waals surface area contributed by atoms with Gasteiger partial charge in [0.1, 0.15) is 12.4 Å². The molecule has 2 aromatic carbocycles. The zero-order valence-corrected chi connectivity index (χ0v) is 11.4. The van der Waals surface area contributed by atoms with Crippen molar-refractivity contribution in [3.8, 4) is 5.75 Å². The second kappa shape index (κ2) is 5.67. The third-order valence-electron chi connectivity index (χ3n) is 2.31. The Morgan fingerprint density at radius 1 is 1.11 bits per heavy atom. The molecule has 0 heterocycles. The van der Waals surface area contributed by atoms with E-state index in [0.717, 1.165) is 0 Å². The molecule has 0 aromatic heterocycles. The van der Waals surface area contributed by atoms with Gasteiger partial charge in [-0.1, -0.05) is 39.7 Å². The van der Waals surface area contributed by atoms with Crippen LogP contribution in [0.2, 0.25) is 5.02 Å². The second-order valence-electron chi connectivity index (χ2n) is 3.58. The normalized spacial score (nSPS) is 10.4. The lowest BCUT2D eigenvalue weighted by Gasteiger charge is -2.09. The van der Waals surface area contributed by atoms with Gasteiger partial charge in [0, 0.05) is 10.0 Å². The van der Waals surface area contributed by atoms with Gasteiger partial charge in [-0.15, -0.1) is 0 Å². The van der Waals surface area contributed by atoms with Crippen LogP contribution in [0.1, 0.15) is 5.56 Å². The van der Waals surface area contributed by atoms with Gasteiger partial charge in [0.05, 0.1) is 5.02 Å². The number of ether oxygens (including phenoxy) is 1. The maximum atomic E-state index is 13.5. The molecular weight excluding hydrogens is 325 g/mol. The fraction of sp³-hybridized carbons (Fsp3) is 0.0769. The molecule has 0 unspecified atom stereocenters. The molecule has 18 heavy (non-hydrogen) atoms. The first-order valence-corrected chi connectivity index (χ1v) is 6.26. The van der Waals surface area contributed by atoms with Crippen LogP contribution in [0, 0.1) is 11.6 Å². The summed E-state index contributed by atoms with van der Waals surface area (Å²) in [5.41, 5.74) is 0.331. The first-order chi connectivity index (χ1) is 8.58. The number of halogens is 4. The van der Waals surface area contributed by atoms with Crippen molar-refractivity contribution in [1.29, 1.82) is 0 Å². The smallest absolute Gasteiger partial charge is 0.174 e. The predicted octanol–water partition coefficient (Wildman–Crippen LogP) is 4.96. The van der Waals surface area contributed by atoms with E-state index in [9.17, 15) is 8.78 Å². The molecule has 1 nitrogen and oxygen atoms in total. The number of hydrogen-bond acceptors (Lipinski definition) is 1. The molecule has 94 valence electrons. The fourth-order valence-electron chi connectivity index (χ4n) is 1.41. The minimum Gasteiger partial charge on any atom is -0.484 e. The van der Waals surface area contributed by atoms with E-state index in [0.29, 0.717) is 10.0 Å². The van der Waals surface area contributed by atoms with Crippen LogP contribution in [0.15, 0.2) is 40.9 Å². The highest BCUT2D eigenvalue weighted by atomic mass is 79.9. The number of hydrogen-bond donors (Lipinski definition) is 0. The molecule has 5 heteroatoms. The summed E-state index contributed by atoms with van der Waals surface area (Å²) in [5.74, 6) is -1.06. The molecule has 2 aromatic rings. The molecule has 0 aliphatic rings. The highest BCUT2D eigenvalue weighted by molar-refractivity contribution is 9.10. The van der Waals surface area contributed by atoms with E-state index in [2.05, 4.69) is 15.9 Å². The first-order valence-electron chi connectivity index (χ1n) is 5.08. The van der Waals surface area contributed by atoms with Gasteiger partial charge in [-0.2, -0.15) is 0 Å². The number of para-hydroxylation sites is 1. The molecule has 0 saturated carbocycles. The SMILES string of the molecule is Fc1cc(Br)ccc1COc1c(F)cccc1Cl. The van der Waals surface area contributed by atoms with Crippen LogP contribution in [0.4, 0.5) is 8.78 Å². The van der Waals surface area contributed by atoms with Gasteiger partial charge in [0.2, 0.25) is 0 Å². The summed E-state index contributed by atoms with van der Waals surface area (Å²) in [6.45, 7) is -0.0836. The molecule has 0 amide bonds. The zero-order valence-electron chi connectivity index (χ0n) is 9.09. The summed E-state index contributed by atoms with van der Waals surface area (Å²) in [6.07, 6.45) is 0. The van der Waals surface area contributed by atoms with Gasteiger partial charge in [0.25, 0.3) is 0 Å². The van der Waals surface area contributed by atoms with E-state index in [1.165, 1.54) is 24.3 Å². The predicted molar refractivity (Wildman–Crippen MR) is 69.8 cm³/mol. The van der Waals surface area contributed by atoms with E-state index < -0.39 is 11.6 Å². The molecule has 0 spiro atoms. The highest BCUT2D eigenvalue weighted by Crippen LogP contribution is 2.28. The molecule has 0 fully saturated rings. The average Bonchev–Trinajstić information content (AvgIpc) is 2.31. The summed E-state index contributed by atoms with van der Waals surface area (Å²) in [7, 11) is 0. The second-order valence-corrected chi connectivity index (χ2v) is 4.90. The van der Waals surface area contributed by atoms with Crippen molar-refractivity contribution in [3.05, 3.63) is 63.1 Å². The van der Waals surface area contributed by atoms with Gasteiger partial charge in [-0.3, -0.25) is 0 Å². The van der Waals surface area contributed by atoms with Crippen LogP contribution in [0.25, 0.3) is 0 Å². The van der Waals surface area contributed by atoms with E-state index >= 15 is 0 Å². The summed E-state index contributed by atoms with van der Waals surface area (Å²) in [4.78, 5) is 0. The Labute approximate surface area is 116 Å². The van der Waals surface area contributed by atoms with Crippen LogP contribution in [0.5, 0.6) is 5.75 Å². The Kier molecular flexibility index (Phi) is 4.19. The van der Waals surface area contributed by atoms with Gasteiger partial charge < -0.3 is 4.74 Å². The Hall–Kier alpha value is -1.13. The van der Waals surface area contributed by atoms with Crippen LogP contribution in [0.3, 0.4) is 0 Å². The summed E-state index contributed by atoms with van der Waals surface area (Å²) < 4.78 is 32.8. The summed E-state index contributed by atoms with van der Waals surface area (Å²) in [5, 5.41) is 0.160. The average molecular weight is 334 g/mol. The third kappa shape index (κ3) is 3.00. The topological polar surface area (TPSA) is 9.23 Å². The van der Waals surface area contributed by atoms with Crippen molar-refractivity contribution >= 4 is 27.5 Å². The van der Waals surface area contributed by atoms with Gasteiger partial charge >= 0.3 is 0 Å². The minimum atomic E-state index is -0.569. The van der Waals surface area contributed by atoms with Crippen LogP contribution in [-0.4, -0.2) is 0 Å². The first kappa shape index (κ1) is 13.3. The standard InChI is InChI=1S/C13H8BrClF2O/c14-9-5-4-8(12(17)6-9)7-18-13-10(15)2-1-3-11(13)16/h1-6H,7H2. The zero-order chi connectivity index (χ0) is 13.1. The van der Waals surface area contributed by atoms with E-state index in [4.69, 9.17) is 16.3 Å². The molecule has 0 radical (unpaired) electrons. The summed E-state index contributed by atoms with van der Waals surface area (Å²) in [6, 6.07) is 8.79. The van der Waals surface area contributed by atoms with Crippen molar-refractivity contribution in [2.45, 2.75) is 6.61 Å². The van der Waals surface area contributed by atoms with Crippen molar-refractivity contribution in [3.63, 3.8) is 0 Å². The molecule has 0 atom stereocenters. The van der Waals surface area contributed by atoms with Crippen LogP contribution >= 0.6 is 27.5 Å².